The molecule has 10 heteroatoms. The lowest BCUT2D eigenvalue weighted by Crippen LogP contribution is -2.37. The van der Waals surface area contributed by atoms with E-state index in [1.165, 1.54) is 22.5 Å². The number of sulfonamides is 1. The molecule has 0 aromatic heterocycles. The van der Waals surface area contributed by atoms with Crippen LogP contribution in [0, 0.1) is 0 Å². The molecule has 0 unspecified atom stereocenters. The van der Waals surface area contributed by atoms with Gasteiger partial charge < -0.3 is 5.11 Å². The summed E-state index contributed by atoms with van der Waals surface area (Å²) in [4.78, 5) is 0. The Morgan fingerprint density at radius 2 is 1.19 bits per heavy atom. The zero-order valence-electron chi connectivity index (χ0n) is 22.6. The molecule has 0 aliphatic rings. The van der Waals surface area contributed by atoms with Crippen molar-refractivity contribution in [1.82, 2.24) is 4.31 Å². The van der Waals surface area contributed by atoms with E-state index >= 15 is 0 Å². The Bertz CT molecular complexity index is 925. The summed E-state index contributed by atoms with van der Waals surface area (Å²) in [5.41, 5.74) is 0.235. The van der Waals surface area contributed by atoms with Gasteiger partial charge in [0.05, 0.1) is 17.1 Å². The molecule has 0 aliphatic heterocycles. The Morgan fingerprint density at radius 1 is 0.694 bits per heavy atom. The van der Waals surface area contributed by atoms with Crippen LogP contribution in [0.1, 0.15) is 111 Å². The van der Waals surface area contributed by atoms with Gasteiger partial charge in [-0.2, -0.15) is 12.7 Å². The average molecular weight is 548 g/mol. The Labute approximate surface area is 220 Å². The third-order valence-corrected chi connectivity index (χ3v) is 9.03. The highest BCUT2D eigenvalue weighted by Crippen LogP contribution is 2.29. The fraction of sp³-hybridized carbons (Fsp3) is 0.769. The first-order chi connectivity index (χ1) is 17.1. The van der Waals surface area contributed by atoms with Gasteiger partial charge in [-0.3, -0.25) is 9.44 Å². The molecule has 1 aromatic carbocycles. The molecule has 0 atom stereocenters. The number of anilines is 2. The normalized spacial score (nSPS) is 12.2. The summed E-state index contributed by atoms with van der Waals surface area (Å²) >= 11 is 0. The number of phenolic OH excluding ortho intramolecular Hbond substituents is 1. The number of hydrogen-bond acceptors (Lipinski definition) is 5. The number of nitrogens with zero attached hydrogens (tertiary/aromatic N) is 1. The monoisotopic (exact) mass is 547 g/mol. The van der Waals surface area contributed by atoms with Gasteiger partial charge in [0, 0.05) is 19.2 Å². The highest BCUT2D eigenvalue weighted by Gasteiger charge is 2.22. The zero-order valence-corrected chi connectivity index (χ0v) is 24.2. The van der Waals surface area contributed by atoms with E-state index < -0.39 is 20.2 Å². The molecule has 0 aliphatic carbocycles. The first-order valence-electron chi connectivity index (χ1n) is 13.8. The lowest BCUT2D eigenvalue weighted by molar-refractivity contribution is 0.388. The summed E-state index contributed by atoms with van der Waals surface area (Å²) in [6.45, 7) is 7.27. The fourth-order valence-electron chi connectivity index (χ4n) is 3.97. The summed E-state index contributed by atoms with van der Waals surface area (Å²) < 4.78 is 57.4. The predicted molar refractivity (Wildman–Crippen MR) is 151 cm³/mol. The highest BCUT2D eigenvalue weighted by atomic mass is 32.2. The summed E-state index contributed by atoms with van der Waals surface area (Å²) in [5.74, 6) is -0.336. The summed E-state index contributed by atoms with van der Waals surface area (Å²) in [6.07, 6.45) is 13.7. The molecule has 0 bridgehead atoms. The van der Waals surface area contributed by atoms with E-state index in [0.29, 0.717) is 19.5 Å². The van der Waals surface area contributed by atoms with Crippen molar-refractivity contribution >= 4 is 31.6 Å². The molecule has 0 radical (unpaired) electrons. The lowest BCUT2D eigenvalue weighted by atomic mass is 10.1. The standard InChI is InChI=1S/C26H49N3O5S2/c1-4-7-10-13-14-17-22-35(31,32)28-25-19-18-24(23-26(25)30)27-36(33,34)29(20-15-11-8-5-2)21-16-12-9-6-3/h18-19,23,27-28,30H,4-17,20-22H2,1-3H3. The van der Waals surface area contributed by atoms with Crippen LogP contribution < -0.4 is 9.44 Å². The number of phenols is 1. The SMILES string of the molecule is CCCCCCCCS(=O)(=O)Nc1ccc(NS(=O)(=O)N(CCCCCC)CCCCCC)cc1O. The highest BCUT2D eigenvalue weighted by molar-refractivity contribution is 7.92. The van der Waals surface area contributed by atoms with Crippen molar-refractivity contribution < 1.29 is 21.9 Å². The largest absolute Gasteiger partial charge is 0.506 e. The van der Waals surface area contributed by atoms with Crippen molar-refractivity contribution in [3.05, 3.63) is 18.2 Å². The maximum absolute atomic E-state index is 13.1. The minimum atomic E-state index is -3.80. The van der Waals surface area contributed by atoms with Gasteiger partial charge in [-0.1, -0.05) is 91.4 Å². The third-order valence-electron chi connectivity index (χ3n) is 6.14. The van der Waals surface area contributed by atoms with Crippen LogP contribution in [-0.4, -0.2) is 45.1 Å². The maximum Gasteiger partial charge on any atom is 0.301 e. The van der Waals surface area contributed by atoms with Crippen molar-refractivity contribution in [2.75, 3.05) is 28.3 Å². The third kappa shape index (κ3) is 13.7. The molecule has 210 valence electrons. The zero-order chi connectivity index (χ0) is 26.9. The number of unbranched alkanes of at least 4 members (excludes halogenated alkanes) is 11. The van der Waals surface area contributed by atoms with Crippen molar-refractivity contribution in [3.8, 4) is 5.75 Å². The van der Waals surface area contributed by atoms with Crippen LogP contribution in [0.5, 0.6) is 5.75 Å². The number of aromatic hydroxyl groups is 1. The quantitative estimate of drug-likeness (QED) is 0.111. The number of rotatable bonds is 22. The molecule has 0 saturated carbocycles. The van der Waals surface area contributed by atoms with E-state index in [-0.39, 0.29) is 22.9 Å². The van der Waals surface area contributed by atoms with E-state index in [1.807, 2.05) is 0 Å². The molecule has 3 N–H and O–H groups in total. The van der Waals surface area contributed by atoms with Crippen molar-refractivity contribution in [2.24, 2.45) is 0 Å². The van der Waals surface area contributed by atoms with Crippen LogP contribution >= 0.6 is 0 Å². The van der Waals surface area contributed by atoms with Gasteiger partial charge in [-0.05, 0) is 31.4 Å². The fourth-order valence-corrected chi connectivity index (χ4v) is 6.45. The van der Waals surface area contributed by atoms with Crippen LogP contribution in [0.3, 0.4) is 0 Å². The Balaban J connectivity index is 2.76. The van der Waals surface area contributed by atoms with E-state index in [0.717, 1.165) is 83.5 Å². The smallest absolute Gasteiger partial charge is 0.301 e. The van der Waals surface area contributed by atoms with Crippen LogP contribution in [0.25, 0.3) is 0 Å². The Hall–Kier alpha value is -1.52. The van der Waals surface area contributed by atoms with Gasteiger partial charge in [0.25, 0.3) is 0 Å². The minimum absolute atomic E-state index is 0.0159. The summed E-state index contributed by atoms with van der Waals surface area (Å²) in [5, 5.41) is 10.4. The predicted octanol–water partition coefficient (Wildman–Crippen LogP) is 6.61. The number of hydrogen-bond donors (Lipinski definition) is 3. The maximum atomic E-state index is 13.1. The van der Waals surface area contributed by atoms with Gasteiger partial charge in [0.2, 0.25) is 10.0 Å². The second-order valence-electron chi connectivity index (χ2n) is 9.55. The van der Waals surface area contributed by atoms with Crippen LogP contribution in [0.15, 0.2) is 18.2 Å². The van der Waals surface area contributed by atoms with Crippen molar-refractivity contribution in [1.29, 1.82) is 0 Å². The van der Waals surface area contributed by atoms with E-state index in [4.69, 9.17) is 0 Å². The van der Waals surface area contributed by atoms with Crippen molar-refractivity contribution in [3.63, 3.8) is 0 Å². The molecule has 0 amide bonds. The Morgan fingerprint density at radius 3 is 1.72 bits per heavy atom. The van der Waals surface area contributed by atoms with Crippen LogP contribution in [-0.2, 0) is 20.2 Å². The molecule has 36 heavy (non-hydrogen) atoms. The van der Waals surface area contributed by atoms with Crippen LogP contribution in [0.2, 0.25) is 0 Å². The average Bonchev–Trinajstić information content (AvgIpc) is 2.81. The first-order valence-corrected chi connectivity index (χ1v) is 16.9. The first kappa shape index (κ1) is 32.5. The second kappa shape index (κ2) is 17.9. The lowest BCUT2D eigenvalue weighted by Gasteiger charge is -2.23. The minimum Gasteiger partial charge on any atom is -0.506 e. The second-order valence-corrected chi connectivity index (χ2v) is 13.1. The van der Waals surface area contributed by atoms with Crippen molar-refractivity contribution in [2.45, 2.75) is 111 Å². The number of benzene rings is 1. The van der Waals surface area contributed by atoms with Gasteiger partial charge >= 0.3 is 10.2 Å². The van der Waals surface area contributed by atoms with Gasteiger partial charge in [-0.25, -0.2) is 8.42 Å². The van der Waals surface area contributed by atoms with Gasteiger partial charge in [0.15, 0.2) is 0 Å². The molecule has 0 fully saturated rings. The van der Waals surface area contributed by atoms with E-state index in [1.54, 1.807) is 0 Å². The molecular formula is C26H49N3O5S2. The molecular weight excluding hydrogens is 498 g/mol. The molecule has 0 heterocycles. The van der Waals surface area contributed by atoms with E-state index in [9.17, 15) is 21.9 Å². The molecule has 0 saturated heterocycles. The molecule has 8 nitrogen and oxygen atoms in total. The molecule has 0 spiro atoms. The van der Waals surface area contributed by atoms with Crippen LogP contribution in [0.4, 0.5) is 11.4 Å². The summed E-state index contributed by atoms with van der Waals surface area (Å²) in [6, 6.07) is 4.09. The molecule has 1 rings (SSSR count). The van der Waals surface area contributed by atoms with Gasteiger partial charge in [-0.15, -0.1) is 0 Å². The molecule has 1 aromatic rings. The van der Waals surface area contributed by atoms with Gasteiger partial charge in [0.1, 0.15) is 5.75 Å². The van der Waals surface area contributed by atoms with E-state index in [2.05, 4.69) is 30.2 Å². The Kier molecular flexibility index (Phi) is 16.1. The summed E-state index contributed by atoms with van der Waals surface area (Å²) in [7, 11) is -7.40. The topological polar surface area (TPSA) is 116 Å². The number of nitrogens with one attached hydrogen (secondary N) is 2.